The van der Waals surface area contributed by atoms with E-state index in [2.05, 4.69) is 28.6 Å². The summed E-state index contributed by atoms with van der Waals surface area (Å²) in [6, 6.07) is 14.3. The number of hydrogen-bond acceptors (Lipinski definition) is 6. The second-order valence-corrected chi connectivity index (χ2v) is 9.32. The van der Waals surface area contributed by atoms with E-state index in [-0.39, 0.29) is 10.8 Å². The molecule has 0 bridgehead atoms. The van der Waals surface area contributed by atoms with Crippen LogP contribution in [-0.4, -0.2) is 25.9 Å². The van der Waals surface area contributed by atoms with Crippen molar-refractivity contribution in [2.45, 2.75) is 31.6 Å². The van der Waals surface area contributed by atoms with Crippen molar-refractivity contribution in [1.82, 2.24) is 10.3 Å². The van der Waals surface area contributed by atoms with Crippen LogP contribution in [0.15, 0.2) is 53.4 Å². The number of sulfonamides is 1. The van der Waals surface area contributed by atoms with Gasteiger partial charge in [-0.05, 0) is 49.1 Å². The first kappa shape index (κ1) is 21.9. The number of primary sulfonamides is 1. The smallest absolute Gasteiger partial charge is 0.263 e. The Morgan fingerprint density at radius 3 is 2.50 bits per heavy atom. The van der Waals surface area contributed by atoms with Crippen molar-refractivity contribution in [3.63, 3.8) is 0 Å². The number of amides is 1. The van der Waals surface area contributed by atoms with Crippen LogP contribution in [0.1, 0.15) is 33.4 Å². The Hall–Kier alpha value is -2.75. The molecule has 0 radical (unpaired) electrons. The third kappa shape index (κ3) is 5.44. The Balaban J connectivity index is 1.59. The Bertz CT molecular complexity index is 1140. The van der Waals surface area contributed by atoms with Crippen LogP contribution in [0, 0.1) is 6.92 Å². The van der Waals surface area contributed by atoms with Gasteiger partial charge in [-0.15, -0.1) is 0 Å². The third-order valence-electron chi connectivity index (χ3n) is 4.59. The molecule has 30 heavy (non-hydrogen) atoms. The van der Waals surface area contributed by atoms with Crippen molar-refractivity contribution in [3.8, 4) is 0 Å². The molecule has 4 N–H and O–H groups in total. The van der Waals surface area contributed by atoms with Gasteiger partial charge in [0.05, 0.1) is 10.6 Å². The first-order valence-electron chi connectivity index (χ1n) is 9.50. The van der Waals surface area contributed by atoms with Gasteiger partial charge in [-0.25, -0.2) is 18.5 Å². The minimum Gasteiger partial charge on any atom is -0.351 e. The fraction of sp³-hybridized carbons (Fsp3) is 0.238. The van der Waals surface area contributed by atoms with E-state index in [4.69, 9.17) is 5.14 Å². The first-order chi connectivity index (χ1) is 14.3. The summed E-state index contributed by atoms with van der Waals surface area (Å²) in [4.78, 5) is 17.7. The lowest BCUT2D eigenvalue weighted by Crippen LogP contribution is -2.25. The lowest BCUT2D eigenvalue weighted by Gasteiger charge is -2.07. The summed E-state index contributed by atoms with van der Waals surface area (Å²) in [6.45, 7) is 4.33. The molecule has 0 aliphatic carbocycles. The van der Waals surface area contributed by atoms with Gasteiger partial charge < -0.3 is 10.6 Å². The van der Waals surface area contributed by atoms with Crippen LogP contribution in [0.5, 0.6) is 0 Å². The highest BCUT2D eigenvalue weighted by Gasteiger charge is 2.16. The van der Waals surface area contributed by atoms with Crippen LogP contribution >= 0.6 is 11.3 Å². The zero-order valence-electron chi connectivity index (χ0n) is 16.8. The van der Waals surface area contributed by atoms with E-state index < -0.39 is 10.0 Å². The van der Waals surface area contributed by atoms with E-state index >= 15 is 0 Å². The van der Waals surface area contributed by atoms with Gasteiger partial charge in [0.1, 0.15) is 4.88 Å². The molecule has 0 aliphatic rings. The number of aryl methyl sites for hydroxylation is 2. The van der Waals surface area contributed by atoms with Crippen LogP contribution in [-0.2, 0) is 22.9 Å². The van der Waals surface area contributed by atoms with Gasteiger partial charge in [0.15, 0.2) is 5.13 Å². The Kier molecular flexibility index (Phi) is 6.86. The Morgan fingerprint density at radius 1 is 1.13 bits per heavy atom. The molecule has 9 heteroatoms. The second-order valence-electron chi connectivity index (χ2n) is 6.76. The number of hydrogen-bond donors (Lipinski definition) is 3. The van der Waals surface area contributed by atoms with Gasteiger partial charge in [0.2, 0.25) is 10.0 Å². The van der Waals surface area contributed by atoms with Crippen LogP contribution in [0.2, 0.25) is 0 Å². The van der Waals surface area contributed by atoms with E-state index in [0.29, 0.717) is 28.7 Å². The number of nitrogens with zero attached hydrogens (tertiary/aromatic N) is 1. The molecule has 3 aromatic rings. The number of carbonyl (C=O) groups excluding carboxylic acids is 1. The topological polar surface area (TPSA) is 114 Å². The van der Waals surface area contributed by atoms with Crippen molar-refractivity contribution in [1.29, 1.82) is 0 Å². The van der Waals surface area contributed by atoms with E-state index in [1.165, 1.54) is 29.0 Å². The number of thiazole rings is 1. The van der Waals surface area contributed by atoms with Gasteiger partial charge in [0.25, 0.3) is 5.91 Å². The van der Waals surface area contributed by atoms with Crippen molar-refractivity contribution >= 4 is 38.1 Å². The summed E-state index contributed by atoms with van der Waals surface area (Å²) in [5.74, 6) is -0.178. The number of nitrogens with one attached hydrogen (secondary N) is 2. The molecule has 1 heterocycles. The van der Waals surface area contributed by atoms with Gasteiger partial charge in [-0.1, -0.05) is 48.6 Å². The maximum absolute atomic E-state index is 12.6. The summed E-state index contributed by atoms with van der Waals surface area (Å²) >= 11 is 1.32. The molecule has 0 saturated heterocycles. The Morgan fingerprint density at radius 2 is 1.83 bits per heavy atom. The third-order valence-corrected chi connectivity index (χ3v) is 6.59. The predicted octanol–water partition coefficient (Wildman–Crippen LogP) is 3.38. The lowest BCUT2D eigenvalue weighted by atomic mass is 10.1. The number of benzene rings is 2. The van der Waals surface area contributed by atoms with Gasteiger partial charge in [-0.2, -0.15) is 0 Å². The quantitative estimate of drug-likeness (QED) is 0.493. The summed E-state index contributed by atoms with van der Waals surface area (Å²) in [5, 5.41) is 12.0. The highest BCUT2D eigenvalue weighted by Crippen LogP contribution is 2.27. The van der Waals surface area contributed by atoms with E-state index in [9.17, 15) is 13.2 Å². The van der Waals surface area contributed by atoms with Crippen LogP contribution in [0.25, 0.3) is 0 Å². The number of carbonyl (C=O) groups is 1. The minimum atomic E-state index is -3.70. The van der Waals surface area contributed by atoms with E-state index in [0.717, 1.165) is 17.7 Å². The maximum Gasteiger partial charge on any atom is 0.263 e. The average Bonchev–Trinajstić information content (AvgIpc) is 3.08. The molecular formula is C21H24N4O3S2. The number of para-hydroxylation sites is 1. The Labute approximate surface area is 180 Å². The molecule has 7 nitrogen and oxygen atoms in total. The van der Waals surface area contributed by atoms with Crippen molar-refractivity contribution in [2.75, 3.05) is 11.9 Å². The summed E-state index contributed by atoms with van der Waals surface area (Å²) < 4.78 is 22.6. The highest BCUT2D eigenvalue weighted by molar-refractivity contribution is 7.89. The zero-order valence-corrected chi connectivity index (χ0v) is 18.4. The normalized spacial score (nSPS) is 11.3. The number of nitrogens with two attached hydrogens (primary N) is 1. The maximum atomic E-state index is 12.6. The summed E-state index contributed by atoms with van der Waals surface area (Å²) in [7, 11) is -3.70. The molecule has 2 aromatic carbocycles. The molecule has 0 fully saturated rings. The van der Waals surface area contributed by atoms with Gasteiger partial charge in [0, 0.05) is 12.2 Å². The van der Waals surface area contributed by atoms with Crippen LogP contribution in [0.4, 0.5) is 10.8 Å². The molecule has 0 unspecified atom stereocenters. The molecule has 158 valence electrons. The fourth-order valence-electron chi connectivity index (χ4n) is 2.97. The van der Waals surface area contributed by atoms with Gasteiger partial charge in [-0.3, -0.25) is 4.79 Å². The lowest BCUT2D eigenvalue weighted by molar-refractivity contribution is 0.0957. The molecule has 0 atom stereocenters. The number of rotatable bonds is 8. The minimum absolute atomic E-state index is 0.0697. The van der Waals surface area contributed by atoms with E-state index in [1.807, 2.05) is 25.1 Å². The molecule has 1 aromatic heterocycles. The van der Waals surface area contributed by atoms with Crippen molar-refractivity contribution < 1.29 is 13.2 Å². The molecule has 3 rings (SSSR count). The van der Waals surface area contributed by atoms with Crippen LogP contribution in [0.3, 0.4) is 0 Å². The largest absolute Gasteiger partial charge is 0.351 e. The van der Waals surface area contributed by atoms with Crippen LogP contribution < -0.4 is 15.8 Å². The van der Waals surface area contributed by atoms with Crippen molar-refractivity contribution in [3.05, 3.63) is 70.2 Å². The number of aromatic nitrogens is 1. The van der Waals surface area contributed by atoms with Gasteiger partial charge >= 0.3 is 0 Å². The molecule has 0 aliphatic heterocycles. The number of anilines is 2. The predicted molar refractivity (Wildman–Crippen MR) is 120 cm³/mol. The summed E-state index contributed by atoms with van der Waals surface area (Å²) in [5.41, 5.74) is 3.75. The fourth-order valence-corrected chi connectivity index (χ4v) is 4.38. The van der Waals surface area contributed by atoms with E-state index in [1.54, 1.807) is 12.1 Å². The SMILES string of the molecule is CCc1ccccc1Nc1nc(C)c(C(=O)NCCc2ccc(S(N)(=O)=O)cc2)s1. The molecule has 0 spiro atoms. The monoisotopic (exact) mass is 444 g/mol. The molecular weight excluding hydrogens is 420 g/mol. The average molecular weight is 445 g/mol. The summed E-state index contributed by atoms with van der Waals surface area (Å²) in [6.07, 6.45) is 1.47. The van der Waals surface area contributed by atoms with Crippen molar-refractivity contribution in [2.24, 2.45) is 5.14 Å². The molecule has 0 saturated carbocycles. The zero-order chi connectivity index (χ0) is 21.7. The molecule has 1 amide bonds. The highest BCUT2D eigenvalue weighted by atomic mass is 32.2. The standard InChI is InChI=1S/C21H24N4O3S2/c1-3-16-6-4-5-7-18(16)25-21-24-14(2)19(29-21)20(26)23-13-12-15-8-10-17(11-9-15)30(22,27)28/h4-11H,3,12-13H2,1-2H3,(H,23,26)(H,24,25)(H2,22,27,28). The first-order valence-corrected chi connectivity index (χ1v) is 11.9. The second kappa shape index (κ2) is 9.38.